The Labute approximate surface area is 115 Å². The summed E-state index contributed by atoms with van der Waals surface area (Å²) in [5.74, 6) is 0. The van der Waals surface area contributed by atoms with Crippen molar-refractivity contribution < 1.29 is 0 Å². The summed E-state index contributed by atoms with van der Waals surface area (Å²) >= 11 is 1.30. The quantitative estimate of drug-likeness (QED) is 0.507. The fourth-order valence-electron chi connectivity index (χ4n) is 2.00. The van der Waals surface area contributed by atoms with Gasteiger partial charge in [0.05, 0.1) is 0 Å². The van der Waals surface area contributed by atoms with Crippen molar-refractivity contribution in [1.82, 2.24) is 0 Å². The summed E-state index contributed by atoms with van der Waals surface area (Å²) in [6.07, 6.45) is 8.45. The van der Waals surface area contributed by atoms with E-state index < -0.39 is 0 Å². The van der Waals surface area contributed by atoms with Crippen LogP contribution >= 0.6 is 12.4 Å². The number of unbranched alkanes of at least 4 members (excludes halogenated alkanes) is 4. The fraction of sp³-hybridized carbons (Fsp3) is 0.571. The van der Waals surface area contributed by atoms with Crippen LogP contribution in [0, 0.1) is 0 Å². The zero-order valence-corrected chi connectivity index (χ0v) is 13.4. The van der Waals surface area contributed by atoms with E-state index in [1.54, 1.807) is 5.56 Å². The van der Waals surface area contributed by atoms with Crippen LogP contribution in [-0.2, 0) is 0 Å². The highest BCUT2D eigenvalue weighted by Gasteiger charge is 2.03. The van der Waals surface area contributed by atoms with Crippen LogP contribution in [0.5, 0.6) is 0 Å². The van der Waals surface area contributed by atoms with Gasteiger partial charge in [-0.2, -0.15) is 0 Å². The van der Waals surface area contributed by atoms with Gasteiger partial charge in [0, 0.05) is 0 Å². The van der Waals surface area contributed by atoms with Crippen molar-refractivity contribution in [2.45, 2.75) is 50.2 Å². The molecule has 0 saturated heterocycles. The smallest absolute Gasteiger partial charge is 0.147 e. The highest BCUT2D eigenvalue weighted by atomic mass is 35.5. The van der Waals surface area contributed by atoms with Crippen molar-refractivity contribution in [3.63, 3.8) is 0 Å². The van der Waals surface area contributed by atoms with Crippen LogP contribution in [0.1, 0.15) is 55.8 Å². The zero-order valence-electron chi connectivity index (χ0n) is 10.6. The van der Waals surface area contributed by atoms with E-state index in [1.807, 2.05) is 0 Å². The van der Waals surface area contributed by atoms with Gasteiger partial charge in [0.15, 0.2) is 0 Å². The Morgan fingerprint density at radius 2 is 1.62 bits per heavy atom. The Bertz CT molecular complexity index is 248. The number of rotatable bonds is 7. The van der Waals surface area contributed by atoms with Crippen LogP contribution in [-0.4, -0.2) is 16.3 Å². The monoisotopic (exact) mass is 254 g/mol. The summed E-state index contributed by atoms with van der Waals surface area (Å²) in [5, 5.41) is 0. The molecule has 16 heavy (non-hydrogen) atoms. The molecule has 0 aliphatic carbocycles. The van der Waals surface area contributed by atoms with Gasteiger partial charge in [-0.1, -0.05) is 86.1 Å². The Balaban J connectivity index is 0.00000225. The van der Waals surface area contributed by atoms with Gasteiger partial charge in [0.1, 0.15) is 0 Å². The first-order valence-corrected chi connectivity index (χ1v) is 7.55. The molecule has 0 bridgehead atoms. The molecular weight excluding hydrogens is 231 g/mol. The third-order valence-corrected chi connectivity index (χ3v) is 4.35. The van der Waals surface area contributed by atoms with Crippen molar-refractivity contribution >= 4 is 28.7 Å². The maximum absolute atomic E-state index is 2.28. The van der Waals surface area contributed by atoms with Gasteiger partial charge in [0.25, 0.3) is 0 Å². The number of halogens is 1. The first kappa shape index (κ1) is 16.0. The van der Waals surface area contributed by atoms with Crippen molar-refractivity contribution in [3.8, 4) is 0 Å². The summed E-state index contributed by atoms with van der Waals surface area (Å²) < 4.78 is 0.868. The van der Waals surface area contributed by atoms with Gasteiger partial charge in [-0.05, 0) is 0 Å². The lowest BCUT2D eigenvalue weighted by Gasteiger charge is -2.11. The molecule has 1 rings (SSSR count). The van der Waals surface area contributed by atoms with Crippen LogP contribution in [0.3, 0.4) is 0 Å². The molecule has 90 valence electrons. The van der Waals surface area contributed by atoms with Crippen LogP contribution in [0.4, 0.5) is 0 Å². The topological polar surface area (TPSA) is 0 Å². The van der Waals surface area contributed by atoms with Crippen molar-refractivity contribution in [3.05, 3.63) is 35.9 Å². The molecule has 0 radical (unpaired) electrons. The molecule has 0 amide bonds. The number of hydrogen-bond acceptors (Lipinski definition) is 0. The van der Waals surface area contributed by atoms with E-state index in [-0.39, 0.29) is 12.4 Å². The molecule has 1 unspecified atom stereocenters. The second-order valence-corrected chi connectivity index (χ2v) is 5.91. The lowest BCUT2D eigenvalue weighted by molar-refractivity contribution is 0.601. The Morgan fingerprint density at radius 3 is 2.25 bits per heavy atom. The van der Waals surface area contributed by atoms with Crippen LogP contribution in [0.25, 0.3) is 0 Å². The zero-order chi connectivity index (χ0) is 10.9. The first-order valence-electron chi connectivity index (χ1n) is 6.39. The molecule has 0 N–H and O–H groups in total. The highest BCUT2D eigenvalue weighted by molar-refractivity contribution is 6.12. The van der Waals surface area contributed by atoms with E-state index in [0.29, 0.717) is 0 Å². The summed E-state index contributed by atoms with van der Waals surface area (Å²) in [5.41, 5.74) is 1.56. The molecule has 1 atom stereocenters. The largest absolute Gasteiger partial charge is 0.223 e. The van der Waals surface area contributed by atoms with Gasteiger partial charge in [-0.15, -0.1) is 12.4 Å². The summed E-state index contributed by atoms with van der Waals surface area (Å²) in [6, 6.07) is 11.0. The Hall–Kier alpha value is 0.0425. The second-order valence-electron chi connectivity index (χ2n) is 4.51. The van der Waals surface area contributed by atoms with E-state index in [2.05, 4.69) is 37.3 Å². The fourth-order valence-corrected chi connectivity index (χ4v) is 2.80. The molecule has 0 fully saturated rings. The molecule has 1 aromatic carbocycles. The SMILES string of the molecule is CCCCCCC[CH]([AlH2])c1ccccc1.Cl. The molecule has 0 spiro atoms. The first-order chi connectivity index (χ1) is 7.34. The van der Waals surface area contributed by atoms with Gasteiger partial charge >= 0.3 is 0 Å². The predicted molar refractivity (Wildman–Crippen MR) is 78.4 cm³/mol. The minimum atomic E-state index is 0. The maximum Gasteiger partial charge on any atom is 0.223 e. The number of hydrogen-bond donors (Lipinski definition) is 0. The van der Waals surface area contributed by atoms with E-state index in [0.717, 1.165) is 4.78 Å². The lowest BCUT2D eigenvalue weighted by Crippen LogP contribution is -1.97. The van der Waals surface area contributed by atoms with Gasteiger partial charge in [-0.3, -0.25) is 0 Å². The van der Waals surface area contributed by atoms with Crippen LogP contribution in [0.2, 0.25) is 0 Å². The van der Waals surface area contributed by atoms with Gasteiger partial charge < -0.3 is 0 Å². The van der Waals surface area contributed by atoms with Gasteiger partial charge in [-0.25, -0.2) is 0 Å². The Kier molecular flexibility index (Phi) is 10.2. The van der Waals surface area contributed by atoms with E-state index >= 15 is 0 Å². The molecule has 0 saturated carbocycles. The molecule has 1 aromatic rings. The maximum atomic E-state index is 2.28. The second kappa shape index (κ2) is 10.2. The Morgan fingerprint density at radius 1 is 1.00 bits per heavy atom. The summed E-state index contributed by atoms with van der Waals surface area (Å²) in [7, 11) is 0. The molecule has 0 aromatic heterocycles. The number of benzene rings is 1. The average molecular weight is 255 g/mol. The summed E-state index contributed by atoms with van der Waals surface area (Å²) in [4.78, 5) is 0. The average Bonchev–Trinajstić information content (AvgIpc) is 2.30. The van der Waals surface area contributed by atoms with Crippen LogP contribution < -0.4 is 0 Å². The predicted octanol–water partition coefficient (Wildman–Crippen LogP) is 4.14. The highest BCUT2D eigenvalue weighted by Crippen LogP contribution is 2.19. The molecule has 2 heteroatoms. The van der Waals surface area contributed by atoms with Crippen LogP contribution in [0.15, 0.2) is 30.3 Å². The standard InChI is InChI=1S/C14H21.Al.ClH.2H/c1-2-3-4-5-6-8-11-14-12-9-7-10-13-14;;;;/h7,9-13H,2-6,8H2,1H3;;1H;;. The molecular formula is C14H24AlCl. The minimum Gasteiger partial charge on any atom is -0.147 e. The van der Waals surface area contributed by atoms with Crippen molar-refractivity contribution in [2.24, 2.45) is 0 Å². The van der Waals surface area contributed by atoms with E-state index in [1.165, 1.54) is 54.8 Å². The molecule has 0 aliphatic rings. The van der Waals surface area contributed by atoms with Gasteiger partial charge in [0.2, 0.25) is 16.3 Å². The summed E-state index contributed by atoms with van der Waals surface area (Å²) in [6.45, 7) is 2.28. The molecule has 0 aliphatic heterocycles. The van der Waals surface area contributed by atoms with E-state index in [9.17, 15) is 0 Å². The minimum absolute atomic E-state index is 0. The molecule has 0 nitrogen and oxygen atoms in total. The third kappa shape index (κ3) is 6.59. The third-order valence-electron chi connectivity index (χ3n) is 3.11. The van der Waals surface area contributed by atoms with E-state index in [4.69, 9.17) is 0 Å². The van der Waals surface area contributed by atoms with Crippen molar-refractivity contribution in [1.29, 1.82) is 0 Å². The normalized spacial score (nSPS) is 11.8. The lowest BCUT2D eigenvalue weighted by atomic mass is 10.0. The molecule has 0 heterocycles. The van der Waals surface area contributed by atoms with Crippen molar-refractivity contribution in [2.75, 3.05) is 0 Å².